The molecule has 12 heavy (non-hydrogen) atoms. The van der Waals surface area contributed by atoms with Gasteiger partial charge in [-0.25, -0.2) is 4.98 Å². The van der Waals surface area contributed by atoms with Gasteiger partial charge in [-0.05, 0) is 23.3 Å². The van der Waals surface area contributed by atoms with Crippen molar-refractivity contribution >= 4 is 20.6 Å². The first kappa shape index (κ1) is 9.77. The third kappa shape index (κ3) is 2.97. The van der Waals surface area contributed by atoms with Gasteiger partial charge in [0.15, 0.2) is 0 Å². The van der Waals surface area contributed by atoms with Gasteiger partial charge in [0.2, 0.25) is 0 Å². The molecule has 0 aliphatic heterocycles. The standard InChI is InChI=1S/C8H11NOS2/c1-10-6-7-12(11)8-4-2-3-5-9-8/h2-5H,6-7H2,1H3. The first-order valence-corrected chi connectivity index (χ1v) is 5.95. The van der Waals surface area contributed by atoms with E-state index < -0.39 is 0 Å². The molecule has 1 aromatic rings. The van der Waals surface area contributed by atoms with Gasteiger partial charge in [-0.3, -0.25) is 0 Å². The molecule has 0 amide bonds. The third-order valence-electron chi connectivity index (χ3n) is 1.34. The lowest BCUT2D eigenvalue weighted by Gasteiger charge is -2.02. The summed E-state index contributed by atoms with van der Waals surface area (Å²) in [6.07, 6.45) is 1.77. The minimum atomic E-state index is -0.186. The van der Waals surface area contributed by atoms with Crippen LogP contribution in [0.25, 0.3) is 0 Å². The van der Waals surface area contributed by atoms with Crippen molar-refractivity contribution in [1.82, 2.24) is 4.98 Å². The second kappa shape index (κ2) is 5.35. The summed E-state index contributed by atoms with van der Waals surface area (Å²) in [5, 5.41) is 0.990. The predicted octanol–water partition coefficient (Wildman–Crippen LogP) is 1.17. The summed E-state index contributed by atoms with van der Waals surface area (Å²) in [7, 11) is 1.50. The molecule has 1 heterocycles. The smallest absolute Gasteiger partial charge is 0.100 e. The van der Waals surface area contributed by atoms with Gasteiger partial charge in [-0.2, -0.15) is 0 Å². The van der Waals surface area contributed by atoms with Crippen LogP contribution in [0, 0.1) is 0 Å². The van der Waals surface area contributed by atoms with Crippen molar-refractivity contribution in [3.63, 3.8) is 0 Å². The lowest BCUT2D eigenvalue weighted by atomic mass is 10.5. The van der Waals surface area contributed by atoms with E-state index in [1.807, 2.05) is 18.2 Å². The average Bonchev–Trinajstić information content (AvgIpc) is 2.15. The molecule has 0 bridgehead atoms. The molecule has 0 fully saturated rings. The van der Waals surface area contributed by atoms with Crippen molar-refractivity contribution in [2.45, 2.75) is 5.03 Å². The molecule has 1 aromatic heterocycles. The Kier molecular flexibility index (Phi) is 4.35. The summed E-state index contributed by atoms with van der Waals surface area (Å²) in [6.45, 7) is 0.711. The molecule has 0 saturated heterocycles. The maximum absolute atomic E-state index is 5.25. The molecule has 0 aromatic carbocycles. The summed E-state index contributed by atoms with van der Waals surface area (Å²) < 4.78 is 4.95. The van der Waals surface area contributed by atoms with Gasteiger partial charge in [0, 0.05) is 19.1 Å². The van der Waals surface area contributed by atoms with Crippen LogP contribution in [0.15, 0.2) is 29.4 Å². The first-order valence-electron chi connectivity index (χ1n) is 3.63. The van der Waals surface area contributed by atoms with E-state index in [9.17, 15) is 0 Å². The minimum absolute atomic E-state index is 0.186. The number of hydrogen-bond acceptors (Lipinski definition) is 3. The summed E-state index contributed by atoms with van der Waals surface area (Å²) in [6, 6.07) is 5.82. The number of hydrogen-bond donors (Lipinski definition) is 0. The van der Waals surface area contributed by atoms with E-state index in [4.69, 9.17) is 15.9 Å². The molecule has 66 valence electrons. The van der Waals surface area contributed by atoms with E-state index in [0.717, 1.165) is 10.8 Å². The lowest BCUT2D eigenvalue weighted by molar-refractivity contribution is 0.218. The molecule has 4 heteroatoms. The van der Waals surface area contributed by atoms with E-state index in [-0.39, 0.29) is 9.45 Å². The van der Waals surface area contributed by atoms with Gasteiger partial charge in [-0.1, -0.05) is 15.5 Å². The highest BCUT2D eigenvalue weighted by Crippen LogP contribution is 2.01. The van der Waals surface area contributed by atoms with Crippen LogP contribution >= 0.6 is 0 Å². The summed E-state index contributed by atoms with van der Waals surface area (Å²) >= 11 is 5.25. The van der Waals surface area contributed by atoms with Gasteiger partial charge in [0.25, 0.3) is 0 Å². The average molecular weight is 201 g/mol. The molecule has 2 nitrogen and oxygen atoms in total. The van der Waals surface area contributed by atoms with Gasteiger partial charge in [-0.15, -0.1) is 0 Å². The number of nitrogens with zero attached hydrogens (tertiary/aromatic N) is 1. The Hall–Kier alpha value is -0.320. The van der Waals surface area contributed by atoms with Crippen LogP contribution < -0.4 is 0 Å². The third-order valence-corrected chi connectivity index (χ3v) is 3.60. The zero-order valence-electron chi connectivity index (χ0n) is 6.90. The fraction of sp³-hybridized carbons (Fsp3) is 0.375. The Morgan fingerprint density at radius 2 is 2.42 bits per heavy atom. The van der Waals surface area contributed by atoms with Crippen molar-refractivity contribution in [1.29, 1.82) is 0 Å². The van der Waals surface area contributed by atoms with E-state index in [1.165, 1.54) is 0 Å². The van der Waals surface area contributed by atoms with Crippen molar-refractivity contribution in [3.05, 3.63) is 24.4 Å². The highest BCUT2D eigenvalue weighted by Gasteiger charge is 1.98. The van der Waals surface area contributed by atoms with Crippen LogP contribution in [0.2, 0.25) is 0 Å². The zero-order chi connectivity index (χ0) is 8.81. The van der Waals surface area contributed by atoms with Gasteiger partial charge < -0.3 is 4.74 Å². The van der Waals surface area contributed by atoms with Crippen molar-refractivity contribution in [3.8, 4) is 0 Å². The number of pyridine rings is 1. The Morgan fingerprint density at radius 3 is 3.00 bits per heavy atom. The van der Waals surface area contributed by atoms with Gasteiger partial charge >= 0.3 is 0 Å². The van der Waals surface area contributed by atoms with Gasteiger partial charge in [0.05, 0.1) is 6.61 Å². The molecule has 0 saturated carbocycles. The second-order valence-corrected chi connectivity index (χ2v) is 4.94. The zero-order valence-corrected chi connectivity index (χ0v) is 8.53. The topological polar surface area (TPSA) is 22.1 Å². The normalized spacial score (nSPS) is 12.8. The summed E-state index contributed by atoms with van der Waals surface area (Å²) in [5.41, 5.74) is 0. The maximum Gasteiger partial charge on any atom is 0.100 e. The van der Waals surface area contributed by atoms with E-state index in [2.05, 4.69) is 4.98 Å². The molecule has 0 N–H and O–H groups in total. The Morgan fingerprint density at radius 1 is 1.58 bits per heavy atom. The molecule has 0 aliphatic carbocycles. The van der Waals surface area contributed by atoms with Crippen molar-refractivity contribution in [2.75, 3.05) is 19.5 Å². The molecule has 0 spiro atoms. The fourth-order valence-electron chi connectivity index (χ4n) is 0.745. The quantitative estimate of drug-likeness (QED) is 0.730. The van der Waals surface area contributed by atoms with Gasteiger partial charge in [0.1, 0.15) is 5.03 Å². The van der Waals surface area contributed by atoms with Crippen molar-refractivity contribution < 1.29 is 4.74 Å². The minimum Gasteiger partial charge on any atom is -0.384 e. The van der Waals surface area contributed by atoms with Crippen LogP contribution in [0.4, 0.5) is 0 Å². The Balaban J connectivity index is 2.54. The van der Waals surface area contributed by atoms with Crippen molar-refractivity contribution in [2.24, 2.45) is 0 Å². The number of aromatic nitrogens is 1. The SMILES string of the molecule is COCCS(=S)c1ccccn1. The second-order valence-electron chi connectivity index (χ2n) is 2.21. The van der Waals surface area contributed by atoms with Crippen LogP contribution in [0.3, 0.4) is 0 Å². The molecule has 1 rings (SSSR count). The molecule has 1 atom stereocenters. The lowest BCUT2D eigenvalue weighted by Crippen LogP contribution is -2.04. The summed E-state index contributed by atoms with van der Waals surface area (Å²) in [5.74, 6) is 0.878. The Labute approximate surface area is 79.6 Å². The van der Waals surface area contributed by atoms with E-state index >= 15 is 0 Å². The molecule has 0 aliphatic rings. The molecular weight excluding hydrogens is 190 g/mol. The largest absolute Gasteiger partial charge is 0.384 e. The summed E-state index contributed by atoms with van der Waals surface area (Å²) in [4.78, 5) is 4.18. The highest BCUT2D eigenvalue weighted by atomic mass is 32.8. The number of methoxy groups -OCH3 is 1. The fourth-order valence-corrected chi connectivity index (χ4v) is 2.18. The number of ether oxygens (including phenoxy) is 1. The molecule has 0 radical (unpaired) electrons. The van der Waals surface area contributed by atoms with Crippen LogP contribution in [0.1, 0.15) is 0 Å². The van der Waals surface area contributed by atoms with E-state index in [0.29, 0.717) is 6.61 Å². The predicted molar refractivity (Wildman–Crippen MR) is 54.0 cm³/mol. The van der Waals surface area contributed by atoms with Crippen LogP contribution in [0.5, 0.6) is 0 Å². The number of rotatable bonds is 4. The maximum atomic E-state index is 5.25. The van der Waals surface area contributed by atoms with Crippen LogP contribution in [-0.2, 0) is 25.4 Å². The highest BCUT2D eigenvalue weighted by molar-refractivity contribution is 8.28. The van der Waals surface area contributed by atoms with Crippen LogP contribution in [-0.4, -0.2) is 24.5 Å². The monoisotopic (exact) mass is 201 g/mol. The Bertz CT molecular complexity index is 250. The first-order chi connectivity index (χ1) is 5.84. The van der Waals surface area contributed by atoms with E-state index in [1.54, 1.807) is 13.3 Å². The molecule has 1 unspecified atom stereocenters. The molecular formula is C8H11NOS2.